The van der Waals surface area contributed by atoms with Gasteiger partial charge in [-0.1, -0.05) is 66.5 Å². The number of rotatable bonds is 9. The zero-order chi connectivity index (χ0) is 23.3. The van der Waals surface area contributed by atoms with E-state index in [1.54, 1.807) is 13.0 Å². The number of carbonyl (C=O) groups excluding carboxylic acids is 1. The van der Waals surface area contributed by atoms with Crippen molar-refractivity contribution in [3.63, 3.8) is 0 Å². The Morgan fingerprint density at radius 3 is 2.53 bits per heavy atom. The summed E-state index contributed by atoms with van der Waals surface area (Å²) in [6, 6.07) is 17.1. The Morgan fingerprint density at radius 2 is 1.81 bits per heavy atom. The molecule has 0 saturated heterocycles. The molecule has 9 heteroatoms. The van der Waals surface area contributed by atoms with Crippen LogP contribution in [0.25, 0.3) is 10.8 Å². The fraction of sp³-hybridized carbons (Fsp3) is 0.261. The third kappa shape index (κ3) is 5.65. The number of amides is 1. The summed E-state index contributed by atoms with van der Waals surface area (Å²) in [7, 11) is -3.81. The van der Waals surface area contributed by atoms with E-state index in [1.165, 1.54) is 12.1 Å². The van der Waals surface area contributed by atoms with Crippen molar-refractivity contribution in [3.05, 3.63) is 70.7 Å². The first-order valence-corrected chi connectivity index (χ1v) is 12.7. The van der Waals surface area contributed by atoms with Crippen LogP contribution in [0.15, 0.2) is 60.7 Å². The first kappa shape index (κ1) is 24.2. The molecular weight excluding hydrogens is 471 g/mol. The summed E-state index contributed by atoms with van der Waals surface area (Å²) in [6.45, 7) is 2.17. The van der Waals surface area contributed by atoms with Crippen LogP contribution in [0.5, 0.6) is 5.75 Å². The van der Waals surface area contributed by atoms with Crippen LogP contribution in [-0.2, 0) is 14.8 Å². The fourth-order valence-corrected chi connectivity index (χ4v) is 5.11. The van der Waals surface area contributed by atoms with E-state index in [-0.39, 0.29) is 30.3 Å². The van der Waals surface area contributed by atoms with Crippen molar-refractivity contribution in [2.24, 2.45) is 0 Å². The molecule has 6 nitrogen and oxygen atoms in total. The molecule has 1 amide bonds. The highest BCUT2D eigenvalue weighted by Gasteiger charge is 2.32. The maximum Gasteiger partial charge on any atom is 0.244 e. The number of halogens is 2. The van der Waals surface area contributed by atoms with Crippen molar-refractivity contribution in [2.75, 3.05) is 23.7 Å². The standard InChI is InChI=1S/C23H24Cl2N2O4S/c1-3-20(27(32(2,29)30)21-15-17(24)11-12-19(21)25)23(28)26-13-14-31-22-10-6-8-16-7-4-5-9-18(16)22/h4-12,15,20H,3,13-14H2,1-2H3,(H,26,28)/t20-/m1/s1. The second-order valence-corrected chi connectivity index (χ2v) is 9.90. The molecular formula is C23H24Cl2N2O4S. The zero-order valence-electron chi connectivity index (χ0n) is 17.7. The molecule has 1 atom stereocenters. The molecule has 0 unspecified atom stereocenters. The van der Waals surface area contributed by atoms with Gasteiger partial charge in [-0.15, -0.1) is 0 Å². The number of anilines is 1. The lowest BCUT2D eigenvalue weighted by atomic mass is 10.1. The van der Waals surface area contributed by atoms with Gasteiger partial charge in [0.2, 0.25) is 15.9 Å². The minimum absolute atomic E-state index is 0.163. The maximum absolute atomic E-state index is 12.9. The third-order valence-corrected chi connectivity index (χ3v) is 6.60. The molecule has 0 aliphatic carbocycles. The smallest absolute Gasteiger partial charge is 0.244 e. The van der Waals surface area contributed by atoms with Crippen molar-refractivity contribution in [1.82, 2.24) is 5.32 Å². The lowest BCUT2D eigenvalue weighted by molar-refractivity contribution is -0.122. The second kappa shape index (κ2) is 10.4. The largest absolute Gasteiger partial charge is 0.491 e. The summed E-state index contributed by atoms with van der Waals surface area (Å²) in [4.78, 5) is 12.9. The van der Waals surface area contributed by atoms with Gasteiger partial charge in [0.1, 0.15) is 18.4 Å². The molecule has 0 spiro atoms. The van der Waals surface area contributed by atoms with E-state index >= 15 is 0 Å². The average molecular weight is 495 g/mol. The monoisotopic (exact) mass is 494 g/mol. The predicted octanol–water partition coefficient (Wildman–Crippen LogP) is 4.89. The number of sulfonamides is 1. The van der Waals surface area contributed by atoms with Crippen LogP contribution in [0.3, 0.4) is 0 Å². The van der Waals surface area contributed by atoms with Crippen LogP contribution < -0.4 is 14.4 Å². The number of benzene rings is 3. The summed E-state index contributed by atoms with van der Waals surface area (Å²) >= 11 is 12.3. The maximum atomic E-state index is 12.9. The van der Waals surface area contributed by atoms with E-state index < -0.39 is 22.0 Å². The Bertz CT molecular complexity index is 1210. The van der Waals surface area contributed by atoms with E-state index in [0.29, 0.717) is 10.8 Å². The van der Waals surface area contributed by atoms with Crippen LogP contribution in [0.4, 0.5) is 5.69 Å². The van der Waals surface area contributed by atoms with Gasteiger partial charge in [0.15, 0.2) is 0 Å². The Morgan fingerprint density at radius 1 is 1.09 bits per heavy atom. The van der Waals surface area contributed by atoms with Gasteiger partial charge in [-0.25, -0.2) is 8.42 Å². The molecule has 32 heavy (non-hydrogen) atoms. The van der Waals surface area contributed by atoms with E-state index in [2.05, 4.69) is 5.32 Å². The molecule has 3 rings (SSSR count). The van der Waals surface area contributed by atoms with Crippen LogP contribution >= 0.6 is 23.2 Å². The number of ether oxygens (including phenoxy) is 1. The Balaban J connectivity index is 1.71. The molecule has 170 valence electrons. The fourth-order valence-electron chi connectivity index (χ4n) is 3.46. The van der Waals surface area contributed by atoms with Gasteiger partial charge < -0.3 is 10.1 Å². The number of carbonyl (C=O) groups is 1. The van der Waals surface area contributed by atoms with Crippen LogP contribution in [0, 0.1) is 0 Å². The average Bonchev–Trinajstić information content (AvgIpc) is 2.76. The molecule has 0 bridgehead atoms. The lowest BCUT2D eigenvalue weighted by Gasteiger charge is -2.30. The van der Waals surface area contributed by atoms with Crippen LogP contribution in [0.2, 0.25) is 10.0 Å². The van der Waals surface area contributed by atoms with Crippen molar-refractivity contribution in [2.45, 2.75) is 19.4 Å². The minimum Gasteiger partial charge on any atom is -0.491 e. The van der Waals surface area contributed by atoms with Gasteiger partial charge >= 0.3 is 0 Å². The summed E-state index contributed by atoms with van der Waals surface area (Å²) in [5.74, 6) is 0.267. The van der Waals surface area contributed by atoms with E-state index in [4.69, 9.17) is 27.9 Å². The summed E-state index contributed by atoms with van der Waals surface area (Å²) in [5, 5.41) is 5.30. The van der Waals surface area contributed by atoms with E-state index in [0.717, 1.165) is 21.3 Å². The number of fused-ring (bicyclic) bond motifs is 1. The molecule has 3 aromatic rings. The Hall–Kier alpha value is -2.48. The van der Waals surface area contributed by atoms with Crippen LogP contribution in [-0.4, -0.2) is 39.8 Å². The second-order valence-electron chi connectivity index (χ2n) is 7.20. The number of hydrogen-bond donors (Lipinski definition) is 1. The predicted molar refractivity (Wildman–Crippen MR) is 130 cm³/mol. The quantitative estimate of drug-likeness (QED) is 0.429. The molecule has 1 N–H and O–H groups in total. The van der Waals surface area contributed by atoms with Gasteiger partial charge in [-0.05, 0) is 36.1 Å². The molecule has 0 aliphatic heterocycles. The SMILES string of the molecule is CC[C@H](C(=O)NCCOc1cccc2ccccc12)N(c1cc(Cl)ccc1Cl)S(C)(=O)=O. The first-order chi connectivity index (χ1) is 15.2. The van der Waals surface area contributed by atoms with Gasteiger partial charge in [0.25, 0.3) is 0 Å². The number of nitrogens with one attached hydrogen (secondary N) is 1. The molecule has 3 aromatic carbocycles. The first-order valence-electron chi connectivity index (χ1n) is 10.0. The van der Waals surface area contributed by atoms with Crippen molar-refractivity contribution >= 4 is 55.6 Å². The third-order valence-electron chi connectivity index (χ3n) is 4.88. The van der Waals surface area contributed by atoms with Gasteiger partial charge in [0, 0.05) is 10.4 Å². The van der Waals surface area contributed by atoms with E-state index in [9.17, 15) is 13.2 Å². The molecule has 0 aliphatic rings. The van der Waals surface area contributed by atoms with Crippen molar-refractivity contribution < 1.29 is 17.9 Å². The summed E-state index contributed by atoms with van der Waals surface area (Å²) < 4.78 is 32.0. The normalized spacial score (nSPS) is 12.4. The molecule has 0 saturated carbocycles. The van der Waals surface area contributed by atoms with Gasteiger partial charge in [0.05, 0.1) is 23.5 Å². The Labute approximate surface area is 198 Å². The highest BCUT2D eigenvalue weighted by atomic mass is 35.5. The van der Waals surface area contributed by atoms with Crippen LogP contribution in [0.1, 0.15) is 13.3 Å². The highest BCUT2D eigenvalue weighted by molar-refractivity contribution is 7.92. The van der Waals surface area contributed by atoms with E-state index in [1.807, 2.05) is 42.5 Å². The summed E-state index contributed by atoms with van der Waals surface area (Å²) in [5.41, 5.74) is 0.163. The topological polar surface area (TPSA) is 75.7 Å². The molecule has 0 fully saturated rings. The Kier molecular flexibility index (Phi) is 7.87. The van der Waals surface area contributed by atoms with Crippen molar-refractivity contribution in [1.29, 1.82) is 0 Å². The van der Waals surface area contributed by atoms with Gasteiger partial charge in [-0.3, -0.25) is 9.10 Å². The lowest BCUT2D eigenvalue weighted by Crippen LogP contribution is -2.50. The zero-order valence-corrected chi connectivity index (χ0v) is 20.0. The van der Waals surface area contributed by atoms with Crippen molar-refractivity contribution in [3.8, 4) is 5.75 Å². The van der Waals surface area contributed by atoms with Gasteiger partial charge in [-0.2, -0.15) is 0 Å². The molecule has 0 aromatic heterocycles. The number of nitrogens with zero attached hydrogens (tertiary/aromatic N) is 1. The highest BCUT2D eigenvalue weighted by Crippen LogP contribution is 2.33. The molecule has 0 radical (unpaired) electrons. The molecule has 0 heterocycles. The summed E-state index contributed by atoms with van der Waals surface area (Å²) in [6.07, 6.45) is 1.27. The number of hydrogen-bond acceptors (Lipinski definition) is 4. The minimum atomic E-state index is -3.81.